The average molecular weight is 239 g/mol. The van der Waals surface area contributed by atoms with Crippen LogP contribution in [0.4, 0.5) is 0 Å². The van der Waals surface area contributed by atoms with Crippen molar-refractivity contribution in [3.8, 4) is 0 Å². The fourth-order valence-electron chi connectivity index (χ4n) is 2.31. The Bertz CT molecular complexity index is 431. The second kappa shape index (κ2) is 6.58. The molecule has 0 saturated carbocycles. The van der Waals surface area contributed by atoms with Gasteiger partial charge in [-0.15, -0.1) is 0 Å². The van der Waals surface area contributed by atoms with Crippen LogP contribution in [0.15, 0.2) is 29.8 Å². The van der Waals surface area contributed by atoms with Crippen LogP contribution >= 0.6 is 0 Å². The lowest BCUT2D eigenvalue weighted by atomic mass is 9.66. The summed E-state index contributed by atoms with van der Waals surface area (Å²) in [6, 6.07) is 8.36. The molecule has 0 N–H and O–H groups in total. The van der Waals surface area contributed by atoms with E-state index in [4.69, 9.17) is 0 Å². The molecule has 93 valence electrons. The molecule has 2 rings (SSSR count). The molecule has 1 aromatic rings. The van der Waals surface area contributed by atoms with Gasteiger partial charge in [-0.3, -0.25) is 0 Å². The van der Waals surface area contributed by atoms with Gasteiger partial charge < -0.3 is 4.79 Å². The summed E-state index contributed by atoms with van der Waals surface area (Å²) in [5, 5.41) is 0. The summed E-state index contributed by atoms with van der Waals surface area (Å²) >= 11 is 0. The molecule has 1 aliphatic heterocycles. The van der Waals surface area contributed by atoms with Gasteiger partial charge in [0.15, 0.2) is 0 Å². The predicted octanol–water partition coefficient (Wildman–Crippen LogP) is 3.99. The minimum atomic E-state index is 0.234. The number of carbonyl (C=O) groups excluding carboxylic acids is 1. The Labute approximate surface area is 111 Å². The molecule has 18 heavy (non-hydrogen) atoms. The minimum absolute atomic E-state index is 0.234. The molecule has 1 heterocycles. The van der Waals surface area contributed by atoms with Crippen molar-refractivity contribution in [3.63, 3.8) is 0 Å². The van der Waals surface area contributed by atoms with Crippen molar-refractivity contribution in [1.82, 2.24) is 0 Å². The molecule has 0 aliphatic carbocycles. The maximum atomic E-state index is 12.1. The second-order valence-corrected chi connectivity index (χ2v) is 5.10. The lowest BCUT2D eigenvalue weighted by Crippen LogP contribution is -2.11. The normalized spacial score (nSPS) is 19.8. The predicted molar refractivity (Wildman–Crippen MR) is 77.8 cm³/mol. The van der Waals surface area contributed by atoms with Gasteiger partial charge in [0.1, 0.15) is 5.68 Å². The Kier molecular flexibility index (Phi) is 4.80. The number of hydrogen-bond donors (Lipinski definition) is 0. The van der Waals surface area contributed by atoms with Crippen LogP contribution in [0.3, 0.4) is 0 Å². The van der Waals surface area contributed by atoms with Gasteiger partial charge in [0, 0.05) is 0 Å². The first kappa shape index (κ1) is 13.1. The molecule has 1 nitrogen and oxygen atoms in total. The van der Waals surface area contributed by atoms with Crippen LogP contribution in [-0.4, -0.2) is 13.0 Å². The van der Waals surface area contributed by atoms with Gasteiger partial charge in [-0.2, -0.15) is 0 Å². The summed E-state index contributed by atoms with van der Waals surface area (Å²) in [6.07, 6.45) is 8.70. The van der Waals surface area contributed by atoms with Crippen molar-refractivity contribution >= 4 is 19.0 Å². The van der Waals surface area contributed by atoms with Crippen LogP contribution in [0, 0.1) is 6.92 Å². The van der Waals surface area contributed by atoms with Gasteiger partial charge >= 0.3 is 0 Å². The van der Waals surface area contributed by atoms with E-state index in [1.165, 1.54) is 18.4 Å². The topological polar surface area (TPSA) is 17.1 Å². The monoisotopic (exact) mass is 239 g/mol. The summed E-state index contributed by atoms with van der Waals surface area (Å²) in [4.78, 5) is 12.1. The zero-order valence-electron chi connectivity index (χ0n) is 11.1. The van der Waals surface area contributed by atoms with E-state index in [2.05, 4.69) is 37.3 Å². The highest BCUT2D eigenvalue weighted by atomic mass is 16.1. The molecule has 1 saturated heterocycles. The van der Waals surface area contributed by atoms with Gasteiger partial charge in [0.2, 0.25) is 7.28 Å². The van der Waals surface area contributed by atoms with Crippen LogP contribution in [-0.2, 0) is 4.79 Å². The summed E-state index contributed by atoms with van der Waals surface area (Å²) < 4.78 is 0. The van der Waals surface area contributed by atoms with Crippen LogP contribution in [0.5, 0.6) is 0 Å². The molecule has 2 heteroatoms. The van der Waals surface area contributed by atoms with E-state index in [-0.39, 0.29) is 5.68 Å². The third kappa shape index (κ3) is 3.87. The van der Waals surface area contributed by atoms with Crippen molar-refractivity contribution in [2.75, 3.05) is 0 Å². The standard InChI is InChI=1S/C16H20BO/c1-13-7-9-14(10-8-13)12-15-6-4-2-3-5-11-17-16(15)18/h7-10,12H,2-6,11H2,1H3. The molecule has 0 aromatic heterocycles. The Hall–Kier alpha value is -1.31. The smallest absolute Gasteiger partial charge is 0.208 e. The van der Waals surface area contributed by atoms with Crippen LogP contribution < -0.4 is 0 Å². The Morgan fingerprint density at radius 2 is 1.78 bits per heavy atom. The maximum absolute atomic E-state index is 12.1. The average Bonchev–Trinajstić information content (AvgIpc) is 2.46. The molecule has 0 amide bonds. The molecule has 0 unspecified atom stereocenters. The molecule has 0 atom stereocenters. The van der Waals surface area contributed by atoms with E-state index in [0.717, 1.165) is 36.7 Å². The van der Waals surface area contributed by atoms with E-state index in [9.17, 15) is 4.79 Å². The fraction of sp³-hybridized carbons (Fsp3) is 0.438. The van der Waals surface area contributed by atoms with Crippen LogP contribution in [0.2, 0.25) is 6.32 Å². The number of allylic oxidation sites excluding steroid dienone is 1. The first-order chi connectivity index (χ1) is 8.75. The van der Waals surface area contributed by atoms with Crippen molar-refractivity contribution in [1.29, 1.82) is 0 Å². The second-order valence-electron chi connectivity index (χ2n) is 5.10. The number of benzene rings is 1. The summed E-state index contributed by atoms with van der Waals surface area (Å²) in [5.41, 5.74) is 3.60. The highest BCUT2D eigenvalue weighted by molar-refractivity contribution is 6.77. The highest BCUT2D eigenvalue weighted by Gasteiger charge is 2.12. The Morgan fingerprint density at radius 3 is 2.56 bits per heavy atom. The van der Waals surface area contributed by atoms with E-state index >= 15 is 0 Å². The van der Waals surface area contributed by atoms with Crippen LogP contribution in [0.1, 0.15) is 43.2 Å². The zero-order chi connectivity index (χ0) is 12.8. The molecule has 1 radical (unpaired) electrons. The quantitative estimate of drug-likeness (QED) is 0.535. The van der Waals surface area contributed by atoms with Crippen molar-refractivity contribution < 1.29 is 4.79 Å². The van der Waals surface area contributed by atoms with E-state index < -0.39 is 0 Å². The Morgan fingerprint density at radius 1 is 1.06 bits per heavy atom. The minimum Gasteiger partial charge on any atom is -0.307 e. The summed E-state index contributed by atoms with van der Waals surface area (Å²) in [5.74, 6) is 0. The molecule has 0 bridgehead atoms. The third-order valence-corrected chi connectivity index (χ3v) is 3.46. The largest absolute Gasteiger partial charge is 0.307 e. The third-order valence-electron chi connectivity index (χ3n) is 3.46. The fourth-order valence-corrected chi connectivity index (χ4v) is 2.31. The van der Waals surface area contributed by atoms with E-state index in [1.807, 2.05) is 7.28 Å². The number of aryl methyl sites for hydroxylation is 1. The number of carbonyl (C=O) groups is 1. The SMILES string of the molecule is Cc1ccc(C=C2CCCCCC[B]C2=O)cc1. The van der Waals surface area contributed by atoms with Crippen molar-refractivity contribution in [2.24, 2.45) is 0 Å². The van der Waals surface area contributed by atoms with Gasteiger partial charge in [-0.25, -0.2) is 0 Å². The molecule has 1 aromatic carbocycles. The molecule has 1 fully saturated rings. The molecular formula is C16H20BO. The van der Waals surface area contributed by atoms with E-state index in [0.29, 0.717) is 0 Å². The van der Waals surface area contributed by atoms with Gasteiger partial charge in [0.25, 0.3) is 0 Å². The lowest BCUT2D eigenvalue weighted by molar-refractivity contribution is -0.109. The first-order valence-electron chi connectivity index (χ1n) is 6.90. The molecule has 0 spiro atoms. The number of rotatable bonds is 1. The van der Waals surface area contributed by atoms with Crippen molar-refractivity contribution in [2.45, 2.75) is 45.3 Å². The van der Waals surface area contributed by atoms with Crippen LogP contribution in [0.25, 0.3) is 6.08 Å². The van der Waals surface area contributed by atoms with Gasteiger partial charge in [0.05, 0.1) is 0 Å². The number of hydrogen-bond acceptors (Lipinski definition) is 1. The highest BCUT2D eigenvalue weighted by Crippen LogP contribution is 2.18. The van der Waals surface area contributed by atoms with E-state index in [1.54, 1.807) is 0 Å². The van der Waals surface area contributed by atoms with Gasteiger partial charge in [-0.1, -0.05) is 55.4 Å². The maximum Gasteiger partial charge on any atom is 0.208 e. The lowest BCUT2D eigenvalue weighted by Gasteiger charge is -2.05. The molecule has 1 aliphatic rings. The zero-order valence-corrected chi connectivity index (χ0v) is 11.1. The molecular weight excluding hydrogens is 219 g/mol. The summed E-state index contributed by atoms with van der Waals surface area (Å²) in [6.45, 7) is 2.08. The van der Waals surface area contributed by atoms with Gasteiger partial charge in [-0.05, 0) is 37.0 Å². The first-order valence-corrected chi connectivity index (χ1v) is 6.90. The summed E-state index contributed by atoms with van der Waals surface area (Å²) in [7, 11) is 1.87. The van der Waals surface area contributed by atoms with Crippen molar-refractivity contribution in [3.05, 3.63) is 41.0 Å². The Balaban J connectivity index is 2.16.